The van der Waals surface area contributed by atoms with Crippen molar-refractivity contribution in [3.05, 3.63) is 41.3 Å². The number of rotatable bonds is 5. The summed E-state index contributed by atoms with van der Waals surface area (Å²) in [4.78, 5) is 0. The van der Waals surface area contributed by atoms with Crippen LogP contribution in [0.5, 0.6) is 17.2 Å². The lowest BCUT2D eigenvalue weighted by Gasteiger charge is -2.14. The summed E-state index contributed by atoms with van der Waals surface area (Å²) in [5.41, 5.74) is 1.10. The number of hydrogen-bond acceptors (Lipinski definition) is 5. The van der Waals surface area contributed by atoms with E-state index >= 15 is 0 Å². The Hall–Kier alpha value is -2.87. The number of aryl methyl sites for hydroxylation is 1. The molecule has 5 heteroatoms. The summed E-state index contributed by atoms with van der Waals surface area (Å²) in [6, 6.07) is 9.27. The van der Waals surface area contributed by atoms with E-state index in [4.69, 9.17) is 18.6 Å². The van der Waals surface area contributed by atoms with E-state index in [0.717, 1.165) is 5.76 Å². The van der Waals surface area contributed by atoms with Gasteiger partial charge < -0.3 is 18.6 Å². The Morgan fingerprint density at radius 1 is 1.05 bits per heavy atom. The molecule has 0 unspecified atom stereocenters. The number of allylic oxidation sites excluding steroid dienone is 1. The average molecular weight is 299 g/mol. The Morgan fingerprint density at radius 3 is 2.27 bits per heavy atom. The van der Waals surface area contributed by atoms with Crippen LogP contribution in [0.4, 0.5) is 0 Å². The number of methoxy groups -OCH3 is 3. The molecule has 0 atom stereocenters. The van der Waals surface area contributed by atoms with Crippen molar-refractivity contribution in [2.24, 2.45) is 0 Å². The lowest BCUT2D eigenvalue weighted by atomic mass is 10.1. The van der Waals surface area contributed by atoms with Crippen LogP contribution in [0, 0.1) is 18.3 Å². The van der Waals surface area contributed by atoms with Gasteiger partial charge in [-0.1, -0.05) is 0 Å². The monoisotopic (exact) mass is 299 g/mol. The molecule has 0 saturated heterocycles. The zero-order valence-corrected chi connectivity index (χ0v) is 13.0. The van der Waals surface area contributed by atoms with Crippen molar-refractivity contribution in [1.82, 2.24) is 0 Å². The number of nitriles is 1. The summed E-state index contributed by atoms with van der Waals surface area (Å²) in [6.07, 6.45) is 1.69. The molecule has 1 aromatic heterocycles. The summed E-state index contributed by atoms with van der Waals surface area (Å²) in [6.45, 7) is 1.83. The molecule has 0 aliphatic heterocycles. The first-order valence-electron chi connectivity index (χ1n) is 6.62. The molecular formula is C17H17NO4. The van der Waals surface area contributed by atoms with Gasteiger partial charge in [0.05, 0.1) is 26.9 Å². The minimum Gasteiger partial charge on any atom is -0.493 e. The molecule has 0 N–H and O–H groups in total. The molecule has 0 fully saturated rings. The molecule has 0 spiro atoms. The summed E-state index contributed by atoms with van der Waals surface area (Å²) in [7, 11) is 4.63. The zero-order valence-electron chi connectivity index (χ0n) is 13.0. The highest BCUT2D eigenvalue weighted by Gasteiger charge is 2.16. The van der Waals surface area contributed by atoms with Gasteiger partial charge in [0.25, 0.3) is 0 Å². The highest BCUT2D eigenvalue weighted by atomic mass is 16.5. The average Bonchev–Trinajstić information content (AvgIpc) is 2.97. The van der Waals surface area contributed by atoms with Crippen molar-refractivity contribution < 1.29 is 18.6 Å². The molecular weight excluding hydrogens is 282 g/mol. The maximum atomic E-state index is 9.37. The van der Waals surface area contributed by atoms with E-state index in [1.165, 1.54) is 14.2 Å². The Balaban J connectivity index is 2.56. The van der Waals surface area contributed by atoms with Gasteiger partial charge in [0, 0.05) is 5.56 Å². The SMILES string of the molecule is COc1ccc(C=C(C#N)c2ccc(C)o2)c(OC)c1OC. The fraction of sp³-hybridized carbons (Fsp3) is 0.235. The zero-order chi connectivity index (χ0) is 16.1. The van der Waals surface area contributed by atoms with Crippen LogP contribution < -0.4 is 14.2 Å². The summed E-state index contributed by atoms with van der Waals surface area (Å²) < 4.78 is 21.5. The van der Waals surface area contributed by atoms with E-state index in [1.807, 2.05) is 13.0 Å². The number of benzene rings is 1. The van der Waals surface area contributed by atoms with Crippen LogP contribution >= 0.6 is 0 Å². The third kappa shape index (κ3) is 2.91. The maximum Gasteiger partial charge on any atom is 0.203 e. The van der Waals surface area contributed by atoms with Gasteiger partial charge in [-0.3, -0.25) is 0 Å². The number of ether oxygens (including phenoxy) is 3. The van der Waals surface area contributed by atoms with E-state index < -0.39 is 0 Å². The Labute approximate surface area is 129 Å². The normalized spacial score (nSPS) is 11.0. The summed E-state index contributed by atoms with van der Waals surface area (Å²) in [5.74, 6) is 2.79. The van der Waals surface area contributed by atoms with Gasteiger partial charge in [0.15, 0.2) is 11.5 Å². The molecule has 2 rings (SSSR count). The van der Waals surface area contributed by atoms with Crippen molar-refractivity contribution >= 4 is 11.6 Å². The lowest BCUT2D eigenvalue weighted by molar-refractivity contribution is 0.324. The van der Waals surface area contributed by atoms with Crippen molar-refractivity contribution in [2.45, 2.75) is 6.92 Å². The highest BCUT2D eigenvalue weighted by molar-refractivity contribution is 5.89. The molecule has 5 nitrogen and oxygen atoms in total. The molecule has 0 amide bonds. The standard InChI is InChI=1S/C17H17NO4/c1-11-5-7-14(22-11)13(10-18)9-12-6-8-15(19-2)17(21-4)16(12)20-3/h5-9H,1-4H3. The highest BCUT2D eigenvalue weighted by Crippen LogP contribution is 2.41. The predicted molar refractivity (Wildman–Crippen MR) is 83.0 cm³/mol. The number of hydrogen-bond donors (Lipinski definition) is 0. The van der Waals surface area contributed by atoms with Crippen LogP contribution in [-0.4, -0.2) is 21.3 Å². The first-order valence-corrected chi connectivity index (χ1v) is 6.62. The molecule has 1 heterocycles. The molecule has 0 bridgehead atoms. The van der Waals surface area contributed by atoms with Crippen LogP contribution in [0.3, 0.4) is 0 Å². The fourth-order valence-corrected chi connectivity index (χ4v) is 2.13. The minimum absolute atomic E-state index is 0.401. The van der Waals surface area contributed by atoms with Gasteiger partial charge in [-0.2, -0.15) is 5.26 Å². The van der Waals surface area contributed by atoms with Crippen LogP contribution in [-0.2, 0) is 0 Å². The molecule has 114 valence electrons. The topological polar surface area (TPSA) is 64.6 Å². The quantitative estimate of drug-likeness (QED) is 0.788. The summed E-state index contributed by atoms with van der Waals surface area (Å²) in [5, 5.41) is 9.37. The van der Waals surface area contributed by atoms with Crippen molar-refractivity contribution in [3.8, 4) is 23.3 Å². The lowest BCUT2D eigenvalue weighted by Crippen LogP contribution is -1.96. The van der Waals surface area contributed by atoms with Gasteiger partial charge in [-0.05, 0) is 37.3 Å². The van der Waals surface area contributed by atoms with E-state index in [0.29, 0.717) is 34.1 Å². The van der Waals surface area contributed by atoms with Gasteiger partial charge in [0.2, 0.25) is 5.75 Å². The molecule has 22 heavy (non-hydrogen) atoms. The Bertz CT molecular complexity index is 738. The molecule has 0 aliphatic carbocycles. The van der Waals surface area contributed by atoms with E-state index in [2.05, 4.69) is 6.07 Å². The maximum absolute atomic E-state index is 9.37. The Kier molecular flexibility index (Phi) is 4.74. The predicted octanol–water partition coefficient (Wildman–Crippen LogP) is 3.68. The van der Waals surface area contributed by atoms with Crippen LogP contribution in [0.2, 0.25) is 0 Å². The molecule has 2 aromatic rings. The fourth-order valence-electron chi connectivity index (χ4n) is 2.13. The van der Waals surface area contributed by atoms with Crippen LogP contribution in [0.1, 0.15) is 17.1 Å². The molecule has 1 aromatic carbocycles. The van der Waals surface area contributed by atoms with Gasteiger partial charge in [0.1, 0.15) is 17.6 Å². The molecule has 0 saturated carbocycles. The smallest absolute Gasteiger partial charge is 0.203 e. The second-order valence-electron chi connectivity index (χ2n) is 4.50. The second kappa shape index (κ2) is 6.72. The molecule has 0 radical (unpaired) electrons. The van der Waals surface area contributed by atoms with Crippen molar-refractivity contribution in [1.29, 1.82) is 5.26 Å². The van der Waals surface area contributed by atoms with Crippen LogP contribution in [0.25, 0.3) is 11.6 Å². The van der Waals surface area contributed by atoms with E-state index in [-0.39, 0.29) is 0 Å². The third-order valence-corrected chi connectivity index (χ3v) is 3.16. The van der Waals surface area contributed by atoms with Gasteiger partial charge >= 0.3 is 0 Å². The first kappa shape index (κ1) is 15.5. The number of nitrogens with zero attached hydrogens (tertiary/aromatic N) is 1. The first-order chi connectivity index (χ1) is 10.6. The third-order valence-electron chi connectivity index (χ3n) is 3.16. The summed E-state index contributed by atoms with van der Waals surface area (Å²) >= 11 is 0. The van der Waals surface area contributed by atoms with Gasteiger partial charge in [-0.15, -0.1) is 0 Å². The van der Waals surface area contributed by atoms with E-state index in [1.54, 1.807) is 31.4 Å². The number of furan rings is 1. The second-order valence-corrected chi connectivity index (χ2v) is 4.50. The van der Waals surface area contributed by atoms with Gasteiger partial charge in [-0.25, -0.2) is 0 Å². The van der Waals surface area contributed by atoms with E-state index in [9.17, 15) is 5.26 Å². The van der Waals surface area contributed by atoms with Crippen LogP contribution in [0.15, 0.2) is 28.7 Å². The Morgan fingerprint density at radius 2 is 1.77 bits per heavy atom. The molecule has 0 aliphatic rings. The van der Waals surface area contributed by atoms with Crippen molar-refractivity contribution in [3.63, 3.8) is 0 Å². The van der Waals surface area contributed by atoms with Crippen molar-refractivity contribution in [2.75, 3.05) is 21.3 Å². The largest absolute Gasteiger partial charge is 0.493 e. The minimum atomic E-state index is 0.401.